The van der Waals surface area contributed by atoms with Crippen LogP contribution < -0.4 is 9.64 Å². The van der Waals surface area contributed by atoms with Gasteiger partial charge in [-0.1, -0.05) is 36.4 Å². The van der Waals surface area contributed by atoms with Crippen LogP contribution in [0.5, 0.6) is 5.75 Å². The summed E-state index contributed by atoms with van der Waals surface area (Å²) < 4.78 is 34.4. The van der Waals surface area contributed by atoms with Crippen LogP contribution in [0.2, 0.25) is 0 Å². The summed E-state index contributed by atoms with van der Waals surface area (Å²) in [5.74, 6) is 0.924. The highest BCUT2D eigenvalue weighted by molar-refractivity contribution is 5.58. The molecule has 0 unspecified atom stereocenters. The highest BCUT2D eigenvalue weighted by Crippen LogP contribution is 2.32. The van der Waals surface area contributed by atoms with Crippen LogP contribution in [0.3, 0.4) is 0 Å². The lowest BCUT2D eigenvalue weighted by Gasteiger charge is -2.40. The van der Waals surface area contributed by atoms with E-state index < -0.39 is 0 Å². The van der Waals surface area contributed by atoms with Crippen LogP contribution in [0.4, 0.5) is 14.5 Å². The highest BCUT2D eigenvalue weighted by atomic mass is 19.1. The predicted molar refractivity (Wildman–Crippen MR) is 128 cm³/mol. The number of para-hydroxylation sites is 2. The molecule has 0 N–H and O–H groups in total. The monoisotopic (exact) mass is 476 g/mol. The zero-order valence-electron chi connectivity index (χ0n) is 19.4. The number of benzene rings is 3. The molecule has 9 heteroatoms. The van der Waals surface area contributed by atoms with Crippen LogP contribution in [0.15, 0.2) is 72.8 Å². The minimum absolute atomic E-state index is 0.258. The molecule has 3 aromatic carbocycles. The number of halogens is 2. The molecule has 35 heavy (non-hydrogen) atoms. The lowest BCUT2D eigenvalue weighted by molar-refractivity contribution is 0.201. The van der Waals surface area contributed by atoms with Gasteiger partial charge in [-0.05, 0) is 58.0 Å². The van der Waals surface area contributed by atoms with Crippen molar-refractivity contribution in [2.75, 3.05) is 38.2 Å². The number of aromatic nitrogens is 4. The van der Waals surface area contributed by atoms with Crippen molar-refractivity contribution in [3.8, 4) is 5.75 Å². The number of methoxy groups -OCH3 is 1. The Balaban J connectivity index is 1.42. The Hall–Kier alpha value is -3.85. The zero-order valence-corrected chi connectivity index (χ0v) is 19.4. The van der Waals surface area contributed by atoms with Gasteiger partial charge in [0.05, 0.1) is 25.4 Å². The number of nitrogens with zero attached hydrogens (tertiary/aromatic N) is 6. The van der Waals surface area contributed by atoms with Crippen molar-refractivity contribution in [1.82, 2.24) is 25.1 Å². The van der Waals surface area contributed by atoms with E-state index in [1.165, 1.54) is 24.3 Å². The molecule has 0 radical (unpaired) electrons. The van der Waals surface area contributed by atoms with E-state index in [9.17, 15) is 8.78 Å². The van der Waals surface area contributed by atoms with Crippen molar-refractivity contribution in [1.29, 1.82) is 0 Å². The lowest BCUT2D eigenvalue weighted by Crippen LogP contribution is -2.48. The van der Waals surface area contributed by atoms with Gasteiger partial charge in [0.1, 0.15) is 17.4 Å². The van der Waals surface area contributed by atoms with Crippen molar-refractivity contribution in [3.05, 3.63) is 101 Å². The highest BCUT2D eigenvalue weighted by Gasteiger charge is 2.31. The molecule has 5 rings (SSSR count). The van der Waals surface area contributed by atoms with Crippen LogP contribution in [0.1, 0.15) is 23.0 Å². The van der Waals surface area contributed by atoms with E-state index in [2.05, 4.69) is 31.4 Å². The normalized spacial score (nSPS) is 15.2. The van der Waals surface area contributed by atoms with Crippen molar-refractivity contribution in [2.24, 2.45) is 0 Å². The SMILES string of the molecule is COc1ccccc1N1CCN([C@H](c2ccc(F)cc2)c2nnnn2Cc2ccc(F)cc2)CC1. The van der Waals surface area contributed by atoms with Gasteiger partial charge < -0.3 is 9.64 Å². The molecule has 0 saturated carbocycles. The molecule has 0 spiro atoms. The molecule has 0 aliphatic carbocycles. The maximum atomic E-state index is 13.7. The second-order valence-corrected chi connectivity index (χ2v) is 8.47. The summed E-state index contributed by atoms with van der Waals surface area (Å²) in [6.07, 6.45) is 0. The molecule has 2 heterocycles. The van der Waals surface area contributed by atoms with Gasteiger partial charge in [0.15, 0.2) is 5.82 Å². The molecule has 180 valence electrons. The van der Waals surface area contributed by atoms with E-state index in [0.717, 1.165) is 48.7 Å². The van der Waals surface area contributed by atoms with Crippen molar-refractivity contribution in [3.63, 3.8) is 0 Å². The number of rotatable bonds is 7. The molecule has 1 saturated heterocycles. The largest absolute Gasteiger partial charge is 0.495 e. The quantitative estimate of drug-likeness (QED) is 0.403. The standard InChI is InChI=1S/C26H26F2N6O/c1-35-24-5-3-2-4-23(24)32-14-16-33(17-15-32)25(20-8-12-22(28)13-9-20)26-29-30-31-34(26)18-19-6-10-21(27)11-7-19/h2-13,25H,14-18H2,1H3/t25-/m1/s1. The Morgan fingerprint density at radius 2 is 1.51 bits per heavy atom. The fourth-order valence-corrected chi connectivity index (χ4v) is 4.56. The minimum Gasteiger partial charge on any atom is -0.495 e. The second kappa shape index (κ2) is 10.2. The third-order valence-electron chi connectivity index (χ3n) is 6.34. The first-order valence-electron chi connectivity index (χ1n) is 11.5. The van der Waals surface area contributed by atoms with Gasteiger partial charge in [0.25, 0.3) is 0 Å². The summed E-state index contributed by atoms with van der Waals surface area (Å²) in [7, 11) is 1.68. The first kappa shape index (κ1) is 22.9. The summed E-state index contributed by atoms with van der Waals surface area (Å²) in [6.45, 7) is 3.49. The van der Waals surface area contributed by atoms with Crippen molar-refractivity contribution >= 4 is 5.69 Å². The topological polar surface area (TPSA) is 59.3 Å². The molecule has 0 amide bonds. The van der Waals surface area contributed by atoms with Gasteiger partial charge in [-0.25, -0.2) is 13.5 Å². The van der Waals surface area contributed by atoms with Gasteiger partial charge in [-0.3, -0.25) is 4.90 Å². The van der Waals surface area contributed by atoms with Crippen LogP contribution in [0.25, 0.3) is 0 Å². The molecule has 1 aliphatic rings. The Kier molecular flexibility index (Phi) is 6.67. The number of tetrazole rings is 1. The Labute approximate surface area is 202 Å². The van der Waals surface area contributed by atoms with Gasteiger partial charge in [0.2, 0.25) is 0 Å². The first-order chi connectivity index (χ1) is 17.1. The van der Waals surface area contributed by atoms with Gasteiger partial charge in [0, 0.05) is 26.2 Å². The van der Waals surface area contributed by atoms with Gasteiger partial charge >= 0.3 is 0 Å². The summed E-state index contributed by atoms with van der Waals surface area (Å²) in [5.41, 5.74) is 2.86. The fourth-order valence-electron chi connectivity index (χ4n) is 4.56. The first-order valence-corrected chi connectivity index (χ1v) is 11.5. The molecule has 1 aromatic heterocycles. The molecule has 1 atom stereocenters. The Morgan fingerprint density at radius 1 is 0.857 bits per heavy atom. The number of piperazine rings is 1. The van der Waals surface area contributed by atoms with E-state index >= 15 is 0 Å². The molecule has 0 bridgehead atoms. The number of hydrogen-bond acceptors (Lipinski definition) is 6. The van der Waals surface area contributed by atoms with E-state index in [1.54, 1.807) is 36.1 Å². The molecule has 4 aromatic rings. The van der Waals surface area contributed by atoms with Crippen molar-refractivity contribution in [2.45, 2.75) is 12.6 Å². The van der Waals surface area contributed by atoms with Crippen LogP contribution in [0, 0.1) is 11.6 Å². The number of hydrogen-bond donors (Lipinski definition) is 0. The molecule has 1 aliphatic heterocycles. The zero-order chi connectivity index (χ0) is 24.2. The smallest absolute Gasteiger partial charge is 0.173 e. The summed E-state index contributed by atoms with van der Waals surface area (Å²) in [5, 5.41) is 12.5. The number of anilines is 1. The van der Waals surface area contributed by atoms with E-state index in [-0.39, 0.29) is 17.7 Å². The van der Waals surface area contributed by atoms with Crippen LogP contribution >= 0.6 is 0 Å². The average Bonchev–Trinajstić information content (AvgIpc) is 3.34. The Morgan fingerprint density at radius 3 is 2.20 bits per heavy atom. The fraction of sp³-hybridized carbons (Fsp3) is 0.269. The molecule has 7 nitrogen and oxygen atoms in total. The summed E-state index contributed by atoms with van der Waals surface area (Å²) in [6, 6.07) is 20.5. The van der Waals surface area contributed by atoms with E-state index in [0.29, 0.717) is 12.4 Å². The average molecular weight is 477 g/mol. The predicted octanol–water partition coefficient (Wildman–Crippen LogP) is 3.92. The third kappa shape index (κ3) is 5.00. The maximum absolute atomic E-state index is 13.7. The second-order valence-electron chi connectivity index (χ2n) is 8.47. The van der Waals surface area contributed by atoms with Crippen molar-refractivity contribution < 1.29 is 13.5 Å². The van der Waals surface area contributed by atoms with Gasteiger partial charge in [-0.2, -0.15) is 0 Å². The Bertz CT molecular complexity index is 1250. The summed E-state index contributed by atoms with van der Waals surface area (Å²) in [4.78, 5) is 4.62. The van der Waals surface area contributed by atoms with E-state index in [4.69, 9.17) is 4.74 Å². The van der Waals surface area contributed by atoms with Gasteiger partial charge in [-0.15, -0.1) is 5.10 Å². The molecular weight excluding hydrogens is 450 g/mol. The third-order valence-corrected chi connectivity index (χ3v) is 6.34. The maximum Gasteiger partial charge on any atom is 0.173 e. The van der Waals surface area contributed by atoms with Crippen LogP contribution in [-0.4, -0.2) is 58.4 Å². The number of ether oxygens (including phenoxy) is 1. The summed E-state index contributed by atoms with van der Waals surface area (Å²) >= 11 is 0. The van der Waals surface area contributed by atoms with E-state index in [1.807, 2.05) is 18.2 Å². The molecule has 1 fully saturated rings. The molecular formula is C26H26F2N6O. The minimum atomic E-state index is -0.292. The lowest BCUT2D eigenvalue weighted by atomic mass is 10.0. The van der Waals surface area contributed by atoms with Crippen LogP contribution in [-0.2, 0) is 6.54 Å².